The molecule has 2 heterocycles. The predicted octanol–water partition coefficient (Wildman–Crippen LogP) is 6.34. The van der Waals surface area contributed by atoms with Gasteiger partial charge < -0.3 is 9.64 Å². The van der Waals surface area contributed by atoms with Gasteiger partial charge in [-0.25, -0.2) is 9.36 Å². The highest BCUT2D eigenvalue weighted by atomic mass is 35.5. The van der Waals surface area contributed by atoms with Crippen molar-refractivity contribution < 1.29 is 40.3 Å². The summed E-state index contributed by atoms with van der Waals surface area (Å²) < 4.78 is 98.9. The first kappa shape index (κ1) is 30.2. The van der Waals surface area contributed by atoms with Crippen LogP contribution < -0.4 is 4.74 Å². The molecule has 220 valence electrons. The summed E-state index contributed by atoms with van der Waals surface area (Å²) in [6, 6.07) is 6.51. The summed E-state index contributed by atoms with van der Waals surface area (Å²) in [5.74, 6) is -8.30. The van der Waals surface area contributed by atoms with Gasteiger partial charge in [0.2, 0.25) is 0 Å². The number of carbonyl (C=O) groups excluding carboxylic acids is 1. The molecule has 3 aromatic rings. The van der Waals surface area contributed by atoms with E-state index in [2.05, 4.69) is 21.0 Å². The Morgan fingerprint density at radius 3 is 2.41 bits per heavy atom. The molecule has 0 N–H and O–H groups in total. The number of rotatable bonds is 9. The number of hydrogen-bond donors (Lipinski definition) is 0. The van der Waals surface area contributed by atoms with Crippen LogP contribution in [0.5, 0.6) is 5.75 Å². The van der Waals surface area contributed by atoms with Crippen molar-refractivity contribution in [3.63, 3.8) is 0 Å². The molecule has 0 radical (unpaired) electrons. The molecule has 1 saturated carbocycles. The van der Waals surface area contributed by atoms with Crippen LogP contribution in [-0.4, -0.2) is 55.2 Å². The lowest BCUT2D eigenvalue weighted by molar-refractivity contribution is -0.291. The van der Waals surface area contributed by atoms with Crippen LogP contribution in [0.2, 0.25) is 5.02 Å². The molecular weight excluding hydrogens is 585 g/mol. The Bertz CT molecular complexity index is 1500. The fraction of sp³-hybridized carbons (Fsp3) is 0.440. The van der Waals surface area contributed by atoms with Gasteiger partial charge in [0.15, 0.2) is 17.3 Å². The second-order valence-electron chi connectivity index (χ2n) is 9.90. The van der Waals surface area contributed by atoms with Gasteiger partial charge >= 0.3 is 18.7 Å². The summed E-state index contributed by atoms with van der Waals surface area (Å²) >= 11 is 6.33. The van der Waals surface area contributed by atoms with E-state index in [0.717, 1.165) is 17.9 Å². The zero-order valence-electron chi connectivity index (χ0n) is 21.7. The monoisotopic (exact) mass is 606 g/mol. The Morgan fingerprint density at radius 2 is 1.88 bits per heavy atom. The van der Waals surface area contributed by atoms with Crippen molar-refractivity contribution in [1.82, 2.24) is 24.5 Å². The van der Waals surface area contributed by atoms with Crippen molar-refractivity contribution >= 4 is 17.5 Å². The smallest absolute Gasteiger partial charge is 0.428 e. The minimum atomic E-state index is -6.14. The molecule has 4 rings (SSSR count). The van der Waals surface area contributed by atoms with E-state index in [-0.39, 0.29) is 22.1 Å². The Labute approximate surface area is 233 Å². The molecule has 0 bridgehead atoms. The highest BCUT2D eigenvalue weighted by molar-refractivity contribution is 6.34. The Morgan fingerprint density at radius 1 is 1.22 bits per heavy atom. The number of halogens is 8. The van der Waals surface area contributed by atoms with Gasteiger partial charge in [0, 0.05) is 25.4 Å². The molecule has 1 fully saturated rings. The maximum Gasteiger partial charge on any atom is 0.459 e. The van der Waals surface area contributed by atoms with E-state index in [4.69, 9.17) is 11.6 Å². The summed E-state index contributed by atoms with van der Waals surface area (Å²) in [6.07, 6.45) is -2.81. The normalized spacial score (nSPS) is 14.8. The number of nitriles is 1. The van der Waals surface area contributed by atoms with Gasteiger partial charge in [-0.15, -0.1) is 0 Å². The lowest BCUT2D eigenvalue weighted by Crippen LogP contribution is -2.43. The topological polar surface area (TPSA) is 89.0 Å². The predicted molar refractivity (Wildman–Crippen MR) is 131 cm³/mol. The van der Waals surface area contributed by atoms with Gasteiger partial charge in [0.05, 0.1) is 22.9 Å². The number of aromatic nitrogens is 4. The number of aryl methyl sites for hydroxylation is 1. The minimum absolute atomic E-state index is 0.0446. The largest absolute Gasteiger partial charge is 0.459 e. The summed E-state index contributed by atoms with van der Waals surface area (Å²) in [5, 5.41) is 16.8. The molecular formula is C25H22ClF7N6O2. The van der Waals surface area contributed by atoms with Gasteiger partial charge in [-0.2, -0.15) is 46.2 Å². The number of nitrogens with zero attached hydrogens (tertiary/aromatic N) is 6. The Balaban J connectivity index is 1.76. The van der Waals surface area contributed by atoms with Crippen LogP contribution >= 0.6 is 11.6 Å². The van der Waals surface area contributed by atoms with E-state index in [1.54, 1.807) is 0 Å². The van der Waals surface area contributed by atoms with E-state index in [0.29, 0.717) is 29.6 Å². The highest BCUT2D eigenvalue weighted by Crippen LogP contribution is 2.48. The van der Waals surface area contributed by atoms with Crippen molar-refractivity contribution in [2.75, 3.05) is 6.54 Å². The SMILES string of the molecule is CC(C)CN(C(=O)c1cc(-c2cnn(-c3c(OC(F)F)c(C(F)(F)C(F)(F)F)nn3C)c2)ccc1Cl)C1(C#N)CC1. The van der Waals surface area contributed by atoms with E-state index in [9.17, 15) is 40.8 Å². The standard InChI is InChI=1S/C25H22ClF7N6O2/c1-13(2)10-38(23(12-34)6-7-23)21(40)16-8-14(4-5-17(16)26)15-9-35-39(11-15)20-18(41-22(27)28)19(36-37(20)3)24(29,30)25(31,32)33/h4-5,8-9,11,13,22H,6-7,10H2,1-3H3. The van der Waals surface area contributed by atoms with Crippen LogP contribution in [-0.2, 0) is 13.0 Å². The molecule has 2 aromatic heterocycles. The van der Waals surface area contributed by atoms with Crippen LogP contribution in [0.25, 0.3) is 16.9 Å². The van der Waals surface area contributed by atoms with Crippen molar-refractivity contribution in [1.29, 1.82) is 5.26 Å². The van der Waals surface area contributed by atoms with E-state index in [1.165, 1.54) is 29.3 Å². The van der Waals surface area contributed by atoms with Gasteiger partial charge in [-0.05, 0) is 36.5 Å². The average Bonchev–Trinajstić information content (AvgIpc) is 3.40. The quantitative estimate of drug-likeness (QED) is 0.265. The Hall–Kier alpha value is -3.80. The third-order valence-corrected chi connectivity index (χ3v) is 6.74. The summed E-state index contributed by atoms with van der Waals surface area (Å²) in [7, 11) is 0.955. The average molecular weight is 607 g/mol. The number of amides is 1. The lowest BCUT2D eigenvalue weighted by atomic mass is 10.0. The van der Waals surface area contributed by atoms with Crippen molar-refractivity contribution in [3.8, 4) is 28.8 Å². The first-order valence-corrected chi connectivity index (χ1v) is 12.4. The van der Waals surface area contributed by atoms with Crippen molar-refractivity contribution in [2.24, 2.45) is 13.0 Å². The maximum absolute atomic E-state index is 14.1. The van der Waals surface area contributed by atoms with Gasteiger partial charge in [0.1, 0.15) is 5.54 Å². The number of ether oxygens (including phenoxy) is 1. The molecule has 1 aromatic carbocycles. The van der Waals surface area contributed by atoms with Crippen LogP contribution in [0.3, 0.4) is 0 Å². The lowest BCUT2D eigenvalue weighted by Gasteiger charge is -2.29. The molecule has 0 atom stereocenters. The third-order valence-electron chi connectivity index (χ3n) is 6.41. The maximum atomic E-state index is 14.1. The highest BCUT2D eigenvalue weighted by Gasteiger charge is 2.62. The first-order chi connectivity index (χ1) is 19.0. The summed E-state index contributed by atoms with van der Waals surface area (Å²) in [6.45, 7) is 0.322. The van der Waals surface area contributed by atoms with E-state index >= 15 is 0 Å². The molecule has 1 aliphatic rings. The van der Waals surface area contributed by atoms with E-state index < -0.39 is 47.4 Å². The van der Waals surface area contributed by atoms with Crippen LogP contribution in [0.15, 0.2) is 30.6 Å². The number of alkyl halides is 7. The summed E-state index contributed by atoms with van der Waals surface area (Å²) in [4.78, 5) is 15.0. The van der Waals surface area contributed by atoms with E-state index in [1.807, 2.05) is 13.8 Å². The molecule has 0 aliphatic heterocycles. The fourth-order valence-corrected chi connectivity index (χ4v) is 4.46. The zero-order chi connectivity index (χ0) is 30.5. The molecule has 41 heavy (non-hydrogen) atoms. The van der Waals surface area contributed by atoms with Gasteiger partial charge in [-0.3, -0.25) is 4.79 Å². The molecule has 0 unspecified atom stereocenters. The van der Waals surface area contributed by atoms with Crippen LogP contribution in [0.4, 0.5) is 30.7 Å². The third kappa shape index (κ3) is 5.57. The minimum Gasteiger partial charge on any atom is -0.428 e. The van der Waals surface area contributed by atoms with Crippen molar-refractivity contribution in [3.05, 3.63) is 46.9 Å². The number of carbonyl (C=O) groups is 1. The first-order valence-electron chi connectivity index (χ1n) is 12.1. The summed E-state index contributed by atoms with van der Waals surface area (Å²) in [5.41, 5.74) is -2.39. The number of hydrogen-bond acceptors (Lipinski definition) is 5. The molecule has 16 heteroatoms. The molecule has 0 saturated heterocycles. The van der Waals surface area contributed by atoms with Crippen LogP contribution in [0, 0.1) is 17.2 Å². The fourth-order valence-electron chi connectivity index (χ4n) is 4.26. The van der Waals surface area contributed by atoms with Gasteiger partial charge in [0.25, 0.3) is 5.91 Å². The van der Waals surface area contributed by atoms with Gasteiger partial charge in [-0.1, -0.05) is 31.5 Å². The van der Waals surface area contributed by atoms with Crippen molar-refractivity contribution in [2.45, 2.75) is 50.9 Å². The number of benzene rings is 1. The Kier molecular flexibility index (Phi) is 7.76. The molecule has 1 amide bonds. The molecule has 8 nitrogen and oxygen atoms in total. The second kappa shape index (κ2) is 10.6. The zero-order valence-corrected chi connectivity index (χ0v) is 22.4. The second-order valence-corrected chi connectivity index (χ2v) is 10.3. The van der Waals surface area contributed by atoms with Crippen LogP contribution in [0.1, 0.15) is 42.7 Å². The molecule has 0 spiro atoms. The molecule has 1 aliphatic carbocycles.